The van der Waals surface area contributed by atoms with Gasteiger partial charge in [-0.3, -0.25) is 4.79 Å². The van der Waals surface area contributed by atoms with Gasteiger partial charge in [-0.05, 0) is 19.3 Å². The quantitative estimate of drug-likeness (QED) is 0.850. The van der Waals surface area contributed by atoms with Crippen LogP contribution in [0.2, 0.25) is 0 Å². The Hall–Kier alpha value is -0.750. The number of hydrogen-bond donors (Lipinski definition) is 1. The molecule has 0 saturated carbocycles. The zero-order valence-electron chi connectivity index (χ0n) is 11.5. The molecule has 2 rings (SSSR count). The van der Waals surface area contributed by atoms with Gasteiger partial charge in [-0.15, -0.1) is 11.8 Å². The van der Waals surface area contributed by atoms with Crippen LogP contribution in [0.1, 0.15) is 27.2 Å². The van der Waals surface area contributed by atoms with Crippen molar-refractivity contribution in [3.63, 3.8) is 0 Å². The normalized spacial score (nSPS) is 35.1. The summed E-state index contributed by atoms with van der Waals surface area (Å²) >= 11 is 1.57. The molecule has 0 aromatic rings. The van der Waals surface area contributed by atoms with Gasteiger partial charge in [-0.1, -0.05) is 13.8 Å². The molecule has 1 amide bonds. The van der Waals surface area contributed by atoms with E-state index in [4.69, 9.17) is 4.74 Å². The first-order valence-corrected chi connectivity index (χ1v) is 7.75. The first kappa shape index (κ1) is 14.7. The van der Waals surface area contributed by atoms with Crippen LogP contribution in [-0.2, 0) is 14.3 Å². The first-order chi connectivity index (χ1) is 8.91. The van der Waals surface area contributed by atoms with Crippen LogP contribution < -0.4 is 0 Å². The molecule has 6 heteroatoms. The van der Waals surface area contributed by atoms with Crippen LogP contribution in [0.5, 0.6) is 0 Å². The Labute approximate surface area is 117 Å². The van der Waals surface area contributed by atoms with Gasteiger partial charge in [-0.2, -0.15) is 0 Å². The van der Waals surface area contributed by atoms with Crippen LogP contribution in [0, 0.1) is 11.8 Å². The summed E-state index contributed by atoms with van der Waals surface area (Å²) in [4.78, 5) is 25.5. The van der Waals surface area contributed by atoms with Gasteiger partial charge in [0.05, 0.1) is 24.0 Å². The van der Waals surface area contributed by atoms with Crippen molar-refractivity contribution < 1.29 is 19.4 Å². The van der Waals surface area contributed by atoms with Crippen molar-refractivity contribution in [1.82, 2.24) is 4.90 Å². The van der Waals surface area contributed by atoms with Crippen molar-refractivity contribution in [2.75, 3.05) is 12.4 Å². The summed E-state index contributed by atoms with van der Waals surface area (Å²) in [6, 6.07) is -0.694. The highest BCUT2D eigenvalue weighted by Gasteiger charge is 2.45. The van der Waals surface area contributed by atoms with E-state index >= 15 is 0 Å². The third kappa shape index (κ3) is 2.89. The predicted octanol–water partition coefficient (Wildman–Crippen LogP) is 1.42. The minimum atomic E-state index is -0.907. The van der Waals surface area contributed by atoms with Crippen molar-refractivity contribution >= 4 is 23.6 Å². The third-order valence-corrected chi connectivity index (χ3v) is 5.31. The molecule has 2 saturated heterocycles. The molecule has 2 aliphatic rings. The minimum absolute atomic E-state index is 0.0375. The number of carbonyl (C=O) groups is 2. The number of amides is 1. The van der Waals surface area contributed by atoms with Crippen LogP contribution in [0.3, 0.4) is 0 Å². The minimum Gasteiger partial charge on any atom is -0.480 e. The van der Waals surface area contributed by atoms with Crippen LogP contribution in [0.15, 0.2) is 0 Å². The second-order valence-corrected chi connectivity index (χ2v) is 6.79. The Morgan fingerprint density at radius 2 is 2.11 bits per heavy atom. The number of thioether (sulfide) groups is 1. The molecule has 5 nitrogen and oxygen atoms in total. The van der Waals surface area contributed by atoms with E-state index in [0.717, 1.165) is 0 Å². The van der Waals surface area contributed by atoms with E-state index in [0.29, 0.717) is 18.8 Å². The molecule has 0 aromatic carbocycles. The summed E-state index contributed by atoms with van der Waals surface area (Å²) < 4.78 is 5.44. The molecule has 0 aliphatic carbocycles. The molecule has 0 bridgehead atoms. The monoisotopic (exact) mass is 287 g/mol. The Bertz CT molecular complexity index is 374. The highest BCUT2D eigenvalue weighted by Crippen LogP contribution is 2.36. The molecular formula is C13H21NO4S. The van der Waals surface area contributed by atoms with E-state index in [9.17, 15) is 14.7 Å². The second-order valence-electron chi connectivity index (χ2n) is 5.64. The lowest BCUT2D eigenvalue weighted by molar-refractivity contribution is -0.151. The van der Waals surface area contributed by atoms with Crippen LogP contribution >= 0.6 is 11.8 Å². The largest absolute Gasteiger partial charge is 0.480 e. The number of ether oxygens (including phenoxy) is 1. The van der Waals surface area contributed by atoms with E-state index in [2.05, 4.69) is 0 Å². The van der Waals surface area contributed by atoms with E-state index < -0.39 is 12.0 Å². The van der Waals surface area contributed by atoms with E-state index in [1.807, 2.05) is 20.8 Å². The number of hydrogen-bond acceptors (Lipinski definition) is 4. The number of carboxylic acids is 1. The van der Waals surface area contributed by atoms with Crippen molar-refractivity contribution in [3.8, 4) is 0 Å². The van der Waals surface area contributed by atoms with Gasteiger partial charge >= 0.3 is 5.97 Å². The lowest BCUT2D eigenvalue weighted by Gasteiger charge is -2.31. The summed E-state index contributed by atoms with van der Waals surface area (Å²) in [7, 11) is 0. The Morgan fingerprint density at radius 3 is 2.58 bits per heavy atom. The average Bonchev–Trinajstić information content (AvgIpc) is 2.93. The molecule has 0 aromatic heterocycles. The zero-order chi connectivity index (χ0) is 14.2. The molecule has 2 aliphatic heterocycles. The summed E-state index contributed by atoms with van der Waals surface area (Å²) in [6.45, 7) is 6.41. The van der Waals surface area contributed by atoms with Crippen LogP contribution in [0.4, 0.5) is 0 Å². The van der Waals surface area contributed by atoms with Gasteiger partial charge in [0, 0.05) is 5.75 Å². The Morgan fingerprint density at radius 1 is 1.42 bits per heavy atom. The molecule has 4 atom stereocenters. The number of nitrogens with zero attached hydrogens (tertiary/aromatic N) is 1. The van der Waals surface area contributed by atoms with E-state index in [1.54, 1.807) is 16.7 Å². The SMILES string of the molecule is CC1CC(C(=O)N2C(C(=O)O)CSC2C(C)C)CO1. The van der Waals surface area contributed by atoms with Gasteiger partial charge in [0.15, 0.2) is 0 Å². The molecule has 0 spiro atoms. The Kier molecular flexibility index (Phi) is 4.40. The molecule has 108 valence electrons. The molecule has 4 unspecified atom stereocenters. The lowest BCUT2D eigenvalue weighted by Crippen LogP contribution is -2.49. The summed E-state index contributed by atoms with van der Waals surface area (Å²) in [5.74, 6) is -0.418. The van der Waals surface area contributed by atoms with Gasteiger partial charge in [-0.25, -0.2) is 4.79 Å². The molecular weight excluding hydrogens is 266 g/mol. The van der Waals surface area contributed by atoms with Gasteiger partial charge < -0.3 is 14.7 Å². The average molecular weight is 287 g/mol. The van der Waals surface area contributed by atoms with Crippen molar-refractivity contribution in [2.24, 2.45) is 11.8 Å². The molecule has 19 heavy (non-hydrogen) atoms. The van der Waals surface area contributed by atoms with Crippen LogP contribution in [-0.4, -0.2) is 51.8 Å². The number of carbonyl (C=O) groups excluding carboxylic acids is 1. The van der Waals surface area contributed by atoms with Gasteiger partial charge in [0.1, 0.15) is 6.04 Å². The maximum absolute atomic E-state index is 12.6. The third-order valence-electron chi connectivity index (χ3n) is 3.69. The second kappa shape index (κ2) is 5.71. The zero-order valence-corrected chi connectivity index (χ0v) is 12.4. The standard InChI is InChI=1S/C13H21NO4S/c1-7(2)12-14(10(6-19-12)13(16)17)11(15)9-4-8(3)18-5-9/h7-10,12H,4-6H2,1-3H3,(H,16,17). The highest BCUT2D eigenvalue weighted by molar-refractivity contribution is 8.00. The highest BCUT2D eigenvalue weighted by atomic mass is 32.2. The topological polar surface area (TPSA) is 66.8 Å². The first-order valence-electron chi connectivity index (χ1n) is 6.70. The van der Waals surface area contributed by atoms with E-state index in [-0.39, 0.29) is 29.2 Å². The maximum Gasteiger partial charge on any atom is 0.327 e. The smallest absolute Gasteiger partial charge is 0.327 e. The van der Waals surface area contributed by atoms with Crippen molar-refractivity contribution in [2.45, 2.75) is 44.7 Å². The van der Waals surface area contributed by atoms with Gasteiger partial charge in [0.2, 0.25) is 5.91 Å². The Balaban J connectivity index is 2.16. The lowest BCUT2D eigenvalue weighted by atomic mass is 10.0. The summed E-state index contributed by atoms with van der Waals surface area (Å²) in [5, 5.41) is 9.25. The van der Waals surface area contributed by atoms with Crippen LogP contribution in [0.25, 0.3) is 0 Å². The van der Waals surface area contributed by atoms with Crippen molar-refractivity contribution in [1.29, 1.82) is 0 Å². The summed E-state index contributed by atoms with van der Waals surface area (Å²) in [6.07, 6.45) is 0.780. The fraction of sp³-hybridized carbons (Fsp3) is 0.846. The molecule has 2 heterocycles. The number of rotatable bonds is 3. The molecule has 2 fully saturated rings. The maximum atomic E-state index is 12.6. The molecule has 0 radical (unpaired) electrons. The van der Waals surface area contributed by atoms with Crippen molar-refractivity contribution in [3.05, 3.63) is 0 Å². The molecule has 1 N–H and O–H groups in total. The fourth-order valence-electron chi connectivity index (χ4n) is 2.71. The predicted molar refractivity (Wildman–Crippen MR) is 72.9 cm³/mol. The van der Waals surface area contributed by atoms with E-state index in [1.165, 1.54) is 0 Å². The van der Waals surface area contributed by atoms with Gasteiger partial charge in [0.25, 0.3) is 0 Å². The fourth-order valence-corrected chi connectivity index (χ4v) is 4.19. The summed E-state index contributed by atoms with van der Waals surface area (Å²) in [5.41, 5.74) is 0. The number of aliphatic carboxylic acids is 1. The number of carboxylic acid groups (broad SMARTS) is 1.